The molecular formula is C21H28N2O2S. The lowest BCUT2D eigenvalue weighted by molar-refractivity contribution is -0.132. The Balaban J connectivity index is 1.58. The monoisotopic (exact) mass is 372 g/mol. The molecule has 2 heterocycles. The fourth-order valence-electron chi connectivity index (χ4n) is 3.56. The van der Waals surface area contributed by atoms with Crippen LogP contribution in [0.4, 0.5) is 0 Å². The van der Waals surface area contributed by atoms with E-state index in [1.54, 1.807) is 11.8 Å². The van der Waals surface area contributed by atoms with E-state index >= 15 is 0 Å². The van der Waals surface area contributed by atoms with Crippen LogP contribution >= 0.6 is 11.8 Å². The molecule has 1 fully saturated rings. The minimum Gasteiger partial charge on any atom is -0.441 e. The van der Waals surface area contributed by atoms with Gasteiger partial charge >= 0.3 is 0 Å². The van der Waals surface area contributed by atoms with E-state index in [2.05, 4.69) is 29.8 Å². The van der Waals surface area contributed by atoms with Crippen LogP contribution in [0.25, 0.3) is 11.5 Å². The smallest absolute Gasteiger partial charge is 0.232 e. The molecule has 26 heavy (non-hydrogen) atoms. The molecule has 0 N–H and O–H groups in total. The Labute approximate surface area is 160 Å². The number of piperidine rings is 1. The van der Waals surface area contributed by atoms with Crippen LogP contribution in [-0.2, 0) is 10.5 Å². The lowest BCUT2D eigenvalue weighted by Crippen LogP contribution is -2.44. The molecule has 0 radical (unpaired) electrons. The van der Waals surface area contributed by atoms with Gasteiger partial charge in [0.1, 0.15) is 5.76 Å². The van der Waals surface area contributed by atoms with Crippen molar-refractivity contribution in [3.8, 4) is 11.5 Å². The van der Waals surface area contributed by atoms with Crippen molar-refractivity contribution in [2.45, 2.75) is 58.2 Å². The summed E-state index contributed by atoms with van der Waals surface area (Å²) in [6.07, 6.45) is 4.58. The zero-order valence-electron chi connectivity index (χ0n) is 16.0. The van der Waals surface area contributed by atoms with E-state index in [1.807, 2.05) is 25.1 Å². The summed E-state index contributed by atoms with van der Waals surface area (Å²) in [5, 5.41) is 0. The van der Waals surface area contributed by atoms with Crippen molar-refractivity contribution in [3.63, 3.8) is 0 Å². The topological polar surface area (TPSA) is 46.3 Å². The van der Waals surface area contributed by atoms with Crippen molar-refractivity contribution in [1.82, 2.24) is 9.88 Å². The molecule has 140 valence electrons. The molecule has 0 aliphatic carbocycles. The normalized spacial score (nSPS) is 17.5. The van der Waals surface area contributed by atoms with Gasteiger partial charge in [-0.15, -0.1) is 11.8 Å². The van der Waals surface area contributed by atoms with Gasteiger partial charge in [0.2, 0.25) is 11.8 Å². The van der Waals surface area contributed by atoms with E-state index in [-0.39, 0.29) is 5.91 Å². The van der Waals surface area contributed by atoms with Gasteiger partial charge in [-0.1, -0.05) is 25.1 Å². The largest absolute Gasteiger partial charge is 0.441 e. The molecule has 1 aliphatic heterocycles. The maximum Gasteiger partial charge on any atom is 0.232 e. The molecule has 0 bridgehead atoms. The van der Waals surface area contributed by atoms with E-state index in [0.29, 0.717) is 23.4 Å². The first kappa shape index (κ1) is 19.0. The standard InChI is InChI=1S/C21H28N2O2S/c1-4-17-10-7-8-12-23(17)20(24)14-26-13-19-16(3)25-21(22-19)18-11-6-5-9-15(18)2/h5-6,9,11,17H,4,7-8,10,12-14H2,1-3H3. The van der Waals surface area contributed by atoms with Gasteiger partial charge in [-0.05, 0) is 51.2 Å². The zero-order valence-corrected chi connectivity index (χ0v) is 16.8. The number of thioether (sulfide) groups is 1. The Bertz CT molecular complexity index is 756. The number of oxazole rings is 1. The predicted molar refractivity (Wildman–Crippen MR) is 107 cm³/mol. The lowest BCUT2D eigenvalue weighted by atomic mass is 10.0. The average molecular weight is 373 g/mol. The second-order valence-corrected chi connectivity index (χ2v) is 7.96. The molecule has 1 aliphatic rings. The van der Waals surface area contributed by atoms with Gasteiger partial charge < -0.3 is 9.32 Å². The highest BCUT2D eigenvalue weighted by atomic mass is 32.2. The first-order chi connectivity index (χ1) is 12.6. The van der Waals surface area contributed by atoms with Gasteiger partial charge in [0, 0.05) is 23.9 Å². The van der Waals surface area contributed by atoms with Crippen LogP contribution in [0.5, 0.6) is 0 Å². The lowest BCUT2D eigenvalue weighted by Gasteiger charge is -2.35. The Morgan fingerprint density at radius 3 is 2.88 bits per heavy atom. The van der Waals surface area contributed by atoms with Gasteiger partial charge in [-0.25, -0.2) is 4.98 Å². The summed E-state index contributed by atoms with van der Waals surface area (Å²) < 4.78 is 5.87. The van der Waals surface area contributed by atoms with Crippen molar-refractivity contribution in [2.75, 3.05) is 12.3 Å². The molecule has 2 aromatic rings. The van der Waals surface area contributed by atoms with Crippen LogP contribution in [0.2, 0.25) is 0 Å². The number of nitrogens with zero attached hydrogens (tertiary/aromatic N) is 2. The van der Waals surface area contributed by atoms with Crippen LogP contribution in [-0.4, -0.2) is 34.1 Å². The minimum absolute atomic E-state index is 0.266. The molecular weight excluding hydrogens is 344 g/mol. The highest BCUT2D eigenvalue weighted by Gasteiger charge is 2.25. The number of aromatic nitrogens is 1. The number of amides is 1. The van der Waals surface area contributed by atoms with Crippen molar-refractivity contribution in [1.29, 1.82) is 0 Å². The average Bonchev–Trinajstić information content (AvgIpc) is 3.02. The zero-order chi connectivity index (χ0) is 18.5. The van der Waals surface area contributed by atoms with Gasteiger partial charge in [-0.2, -0.15) is 0 Å². The van der Waals surface area contributed by atoms with Crippen molar-refractivity contribution < 1.29 is 9.21 Å². The summed E-state index contributed by atoms with van der Waals surface area (Å²) in [5.41, 5.74) is 3.12. The first-order valence-electron chi connectivity index (χ1n) is 9.49. The maximum absolute atomic E-state index is 12.6. The molecule has 1 atom stereocenters. The van der Waals surface area contributed by atoms with Gasteiger partial charge in [-0.3, -0.25) is 4.79 Å². The Hall–Kier alpha value is -1.75. The molecule has 1 saturated heterocycles. The van der Waals surface area contributed by atoms with E-state index in [0.717, 1.165) is 48.4 Å². The molecule has 1 amide bonds. The van der Waals surface area contributed by atoms with Gasteiger partial charge in [0.15, 0.2) is 0 Å². The maximum atomic E-state index is 12.6. The first-order valence-corrected chi connectivity index (χ1v) is 10.6. The third-order valence-corrected chi connectivity index (χ3v) is 6.08. The second kappa shape index (κ2) is 8.76. The van der Waals surface area contributed by atoms with Gasteiger partial charge in [0.05, 0.1) is 11.4 Å². The molecule has 1 aromatic heterocycles. The van der Waals surface area contributed by atoms with Crippen molar-refractivity contribution in [2.24, 2.45) is 0 Å². The van der Waals surface area contributed by atoms with Crippen molar-refractivity contribution >= 4 is 17.7 Å². The van der Waals surface area contributed by atoms with E-state index < -0.39 is 0 Å². The number of carbonyl (C=O) groups is 1. The Kier molecular flexibility index (Phi) is 6.41. The highest BCUT2D eigenvalue weighted by molar-refractivity contribution is 7.99. The SMILES string of the molecule is CCC1CCCCN1C(=O)CSCc1nc(-c2ccccc2C)oc1C. The number of aryl methyl sites for hydroxylation is 2. The van der Waals surface area contributed by atoms with Crippen molar-refractivity contribution in [3.05, 3.63) is 41.3 Å². The highest BCUT2D eigenvalue weighted by Crippen LogP contribution is 2.27. The van der Waals surface area contributed by atoms with Gasteiger partial charge in [0.25, 0.3) is 0 Å². The number of carbonyl (C=O) groups excluding carboxylic acids is 1. The Morgan fingerprint density at radius 2 is 2.12 bits per heavy atom. The summed E-state index contributed by atoms with van der Waals surface area (Å²) in [7, 11) is 0. The summed E-state index contributed by atoms with van der Waals surface area (Å²) in [5.74, 6) is 3.00. The number of benzene rings is 1. The second-order valence-electron chi connectivity index (χ2n) is 6.97. The molecule has 5 heteroatoms. The van der Waals surface area contributed by atoms with E-state index in [1.165, 1.54) is 6.42 Å². The van der Waals surface area contributed by atoms with Crippen LogP contribution in [0.3, 0.4) is 0 Å². The number of hydrogen-bond acceptors (Lipinski definition) is 4. The molecule has 0 saturated carbocycles. The fraction of sp³-hybridized carbons (Fsp3) is 0.524. The molecule has 4 nitrogen and oxygen atoms in total. The van der Waals surface area contributed by atoms with Crippen LogP contribution in [0.15, 0.2) is 28.7 Å². The number of rotatable bonds is 6. The fourth-order valence-corrected chi connectivity index (χ4v) is 4.46. The molecule has 0 spiro atoms. The van der Waals surface area contributed by atoms with Crippen LogP contribution in [0.1, 0.15) is 49.6 Å². The summed E-state index contributed by atoms with van der Waals surface area (Å²) in [4.78, 5) is 19.3. The Morgan fingerprint density at radius 1 is 1.31 bits per heavy atom. The quantitative estimate of drug-likeness (QED) is 0.717. The van der Waals surface area contributed by atoms with E-state index in [4.69, 9.17) is 4.42 Å². The summed E-state index contributed by atoms with van der Waals surface area (Å²) in [6.45, 7) is 7.10. The third-order valence-electron chi connectivity index (χ3n) is 5.15. The summed E-state index contributed by atoms with van der Waals surface area (Å²) >= 11 is 1.63. The summed E-state index contributed by atoms with van der Waals surface area (Å²) in [6, 6.07) is 8.53. The molecule has 1 aromatic carbocycles. The molecule has 3 rings (SSSR count). The number of hydrogen-bond donors (Lipinski definition) is 0. The minimum atomic E-state index is 0.266. The predicted octanol–water partition coefficient (Wildman–Crippen LogP) is 4.98. The van der Waals surface area contributed by atoms with E-state index in [9.17, 15) is 4.79 Å². The molecule has 1 unspecified atom stereocenters. The third kappa shape index (κ3) is 4.32. The number of likely N-dealkylation sites (tertiary alicyclic amines) is 1. The van der Waals surface area contributed by atoms with Crippen LogP contribution < -0.4 is 0 Å². The van der Waals surface area contributed by atoms with Crippen LogP contribution in [0, 0.1) is 13.8 Å².